The molecule has 0 spiro atoms. The molecule has 0 radical (unpaired) electrons. The molecule has 0 aliphatic carbocycles. The highest BCUT2D eigenvalue weighted by atomic mass is 35.5. The lowest BCUT2D eigenvalue weighted by molar-refractivity contribution is -0.139. The molecule has 2 aromatic carbocycles. The Balaban J connectivity index is 1.95. The maximum Gasteiger partial charge on any atom is 0.329 e. The van der Waals surface area contributed by atoms with Gasteiger partial charge in [-0.15, -0.1) is 0 Å². The van der Waals surface area contributed by atoms with Crippen LogP contribution in [0.2, 0.25) is 5.02 Å². The Morgan fingerprint density at radius 1 is 1.06 bits per heavy atom. The van der Waals surface area contributed by atoms with Gasteiger partial charge in [-0.2, -0.15) is 5.10 Å². The molecule has 2 aromatic rings. The Morgan fingerprint density at radius 3 is 2.50 bits per heavy atom. The van der Waals surface area contributed by atoms with Crippen molar-refractivity contribution in [1.29, 1.82) is 0 Å². The van der Waals surface area contributed by atoms with Gasteiger partial charge in [-0.05, 0) is 61.2 Å². The van der Waals surface area contributed by atoms with E-state index in [0.717, 1.165) is 5.56 Å². The minimum Gasteiger partial charge on any atom is -0.490 e. The average molecular weight is 489 g/mol. The van der Waals surface area contributed by atoms with Crippen LogP contribution in [0.25, 0.3) is 0 Å². The van der Waals surface area contributed by atoms with Gasteiger partial charge in [-0.25, -0.2) is 5.43 Å². The number of halogens is 1. The van der Waals surface area contributed by atoms with E-state index in [2.05, 4.69) is 21.2 Å². The van der Waals surface area contributed by atoms with E-state index in [1.165, 1.54) is 6.21 Å². The van der Waals surface area contributed by atoms with Gasteiger partial charge in [0.1, 0.15) is 0 Å². The fourth-order valence-electron chi connectivity index (χ4n) is 2.60. The Kier molecular flexibility index (Phi) is 10.3. The van der Waals surface area contributed by atoms with Crippen LogP contribution in [0.4, 0.5) is 5.69 Å². The van der Waals surface area contributed by atoms with Crippen molar-refractivity contribution in [1.82, 2.24) is 10.7 Å². The van der Waals surface area contributed by atoms with Gasteiger partial charge in [0.05, 0.1) is 12.8 Å². The fraction of sp³-hybridized carbons (Fsp3) is 0.333. The van der Waals surface area contributed by atoms with E-state index in [9.17, 15) is 14.4 Å². The lowest BCUT2D eigenvalue weighted by atomic mass is 10.2. The summed E-state index contributed by atoms with van der Waals surface area (Å²) < 4.78 is 11.2. The monoisotopic (exact) mass is 488 g/mol. The third kappa shape index (κ3) is 8.74. The zero-order valence-electron chi connectivity index (χ0n) is 19.6. The summed E-state index contributed by atoms with van der Waals surface area (Å²) in [5.74, 6) is -0.970. The summed E-state index contributed by atoms with van der Waals surface area (Å²) in [7, 11) is 0. The lowest BCUT2D eigenvalue weighted by Crippen LogP contribution is -2.39. The van der Waals surface area contributed by atoms with Crippen molar-refractivity contribution in [3.63, 3.8) is 0 Å². The van der Waals surface area contributed by atoms with Crippen molar-refractivity contribution >= 4 is 41.2 Å². The summed E-state index contributed by atoms with van der Waals surface area (Å²) in [4.78, 5) is 35.7. The summed E-state index contributed by atoms with van der Waals surface area (Å²) in [6, 6.07) is 10.2. The van der Waals surface area contributed by atoms with Crippen molar-refractivity contribution in [2.45, 2.75) is 27.7 Å². The Hall–Kier alpha value is -3.59. The van der Waals surface area contributed by atoms with Crippen molar-refractivity contribution in [3.05, 3.63) is 52.5 Å². The maximum absolute atomic E-state index is 12.2. The molecular formula is C24H29ClN4O5. The molecule has 0 saturated heterocycles. The molecule has 3 N–H and O–H groups in total. The van der Waals surface area contributed by atoms with Gasteiger partial charge >= 0.3 is 11.8 Å². The Labute approximate surface area is 203 Å². The molecule has 0 aromatic heterocycles. The first kappa shape index (κ1) is 26.7. The predicted octanol–water partition coefficient (Wildman–Crippen LogP) is 3.29. The molecule has 0 bridgehead atoms. The van der Waals surface area contributed by atoms with Crippen LogP contribution in [0.15, 0.2) is 41.5 Å². The summed E-state index contributed by atoms with van der Waals surface area (Å²) >= 11 is 6.08. The summed E-state index contributed by atoms with van der Waals surface area (Å²) in [6.07, 6.45) is 1.37. The first-order valence-corrected chi connectivity index (χ1v) is 11.1. The summed E-state index contributed by atoms with van der Waals surface area (Å²) in [5.41, 5.74) is 4.25. The van der Waals surface area contributed by atoms with Crippen LogP contribution >= 0.6 is 11.6 Å². The van der Waals surface area contributed by atoms with Crippen molar-refractivity contribution in [2.24, 2.45) is 11.0 Å². The molecule has 0 heterocycles. The number of rotatable bonds is 10. The molecule has 3 amide bonds. The average Bonchev–Trinajstić information content (AvgIpc) is 2.79. The molecule has 9 nitrogen and oxygen atoms in total. The zero-order chi connectivity index (χ0) is 25.1. The van der Waals surface area contributed by atoms with Gasteiger partial charge in [-0.1, -0.05) is 31.5 Å². The van der Waals surface area contributed by atoms with Crippen LogP contribution in [0.3, 0.4) is 0 Å². The quantitative estimate of drug-likeness (QED) is 0.269. The van der Waals surface area contributed by atoms with Crippen molar-refractivity contribution < 1.29 is 23.9 Å². The molecule has 182 valence electrons. The standard InChI is InChI=1S/C24H29ClN4O5/c1-5-33-21-10-17(13-27-29-24(32)23(31)26-12-15(2)3)7-9-20(21)34-14-22(30)28-18-8-6-16(4)19(25)11-18/h6-11,13,15H,5,12,14H2,1-4H3,(H,26,31)(H,28,30)(H,29,32)/b27-13-. The number of nitrogens with zero attached hydrogens (tertiary/aromatic N) is 1. The van der Waals surface area contributed by atoms with Gasteiger partial charge in [0.15, 0.2) is 18.1 Å². The number of benzene rings is 2. The van der Waals surface area contributed by atoms with Crippen LogP contribution in [0.1, 0.15) is 31.9 Å². The maximum atomic E-state index is 12.2. The molecular weight excluding hydrogens is 460 g/mol. The number of amides is 3. The first-order valence-electron chi connectivity index (χ1n) is 10.8. The molecule has 0 unspecified atom stereocenters. The second-order valence-electron chi connectivity index (χ2n) is 7.74. The molecule has 0 saturated carbocycles. The third-order valence-corrected chi connectivity index (χ3v) is 4.75. The van der Waals surface area contributed by atoms with E-state index in [1.807, 2.05) is 33.8 Å². The number of hydrogen-bond donors (Lipinski definition) is 3. The van der Waals surface area contributed by atoms with Gasteiger partial charge in [0, 0.05) is 17.3 Å². The van der Waals surface area contributed by atoms with Crippen LogP contribution in [0.5, 0.6) is 11.5 Å². The molecule has 34 heavy (non-hydrogen) atoms. The first-order chi connectivity index (χ1) is 16.2. The van der Waals surface area contributed by atoms with Gasteiger partial charge < -0.3 is 20.1 Å². The van der Waals surface area contributed by atoms with Gasteiger partial charge in [0.25, 0.3) is 5.91 Å². The lowest BCUT2D eigenvalue weighted by Gasteiger charge is -2.13. The molecule has 0 aliphatic rings. The number of hydrazone groups is 1. The highest BCUT2D eigenvalue weighted by Gasteiger charge is 2.13. The molecule has 0 aliphatic heterocycles. The van der Waals surface area contributed by atoms with Gasteiger partial charge in [0.2, 0.25) is 0 Å². The van der Waals surface area contributed by atoms with E-state index >= 15 is 0 Å². The van der Waals surface area contributed by atoms with Gasteiger partial charge in [-0.3, -0.25) is 14.4 Å². The van der Waals surface area contributed by atoms with E-state index in [-0.39, 0.29) is 18.4 Å². The summed E-state index contributed by atoms with van der Waals surface area (Å²) in [6.45, 7) is 8.07. The highest BCUT2D eigenvalue weighted by Crippen LogP contribution is 2.28. The Morgan fingerprint density at radius 2 is 1.82 bits per heavy atom. The SMILES string of the molecule is CCOc1cc(/C=N\NC(=O)C(=O)NCC(C)C)ccc1OCC(=O)Nc1ccc(C)c(Cl)c1. The van der Waals surface area contributed by atoms with Crippen LogP contribution < -0.4 is 25.5 Å². The largest absolute Gasteiger partial charge is 0.490 e. The Bertz CT molecular complexity index is 1060. The fourth-order valence-corrected chi connectivity index (χ4v) is 2.78. The minimum atomic E-state index is -0.859. The number of anilines is 1. The normalized spacial score (nSPS) is 10.8. The number of carbonyl (C=O) groups is 3. The van der Waals surface area contributed by atoms with Crippen LogP contribution in [-0.2, 0) is 14.4 Å². The second-order valence-corrected chi connectivity index (χ2v) is 8.15. The number of carbonyl (C=O) groups excluding carboxylic acids is 3. The van der Waals surface area contributed by atoms with Crippen molar-refractivity contribution in [2.75, 3.05) is 25.1 Å². The van der Waals surface area contributed by atoms with E-state index in [0.29, 0.717) is 40.9 Å². The van der Waals surface area contributed by atoms with Crippen LogP contribution in [0, 0.1) is 12.8 Å². The van der Waals surface area contributed by atoms with Crippen molar-refractivity contribution in [3.8, 4) is 11.5 Å². The molecule has 0 atom stereocenters. The summed E-state index contributed by atoms with van der Waals surface area (Å²) in [5, 5.41) is 9.58. The molecule has 10 heteroatoms. The molecule has 2 rings (SSSR count). The third-order valence-electron chi connectivity index (χ3n) is 4.34. The highest BCUT2D eigenvalue weighted by molar-refractivity contribution is 6.35. The zero-order valence-corrected chi connectivity index (χ0v) is 20.4. The van der Waals surface area contributed by atoms with E-state index < -0.39 is 11.8 Å². The van der Waals surface area contributed by atoms with E-state index in [1.54, 1.807) is 30.3 Å². The smallest absolute Gasteiger partial charge is 0.329 e. The molecule has 0 fully saturated rings. The number of aryl methyl sites for hydroxylation is 1. The van der Waals surface area contributed by atoms with E-state index in [4.69, 9.17) is 21.1 Å². The topological polar surface area (TPSA) is 118 Å². The second kappa shape index (κ2) is 13.2. The number of ether oxygens (including phenoxy) is 2. The van der Waals surface area contributed by atoms with Crippen LogP contribution in [-0.4, -0.2) is 43.7 Å². The predicted molar refractivity (Wildman–Crippen MR) is 132 cm³/mol. The minimum absolute atomic E-state index is 0.227. The number of hydrogen-bond acceptors (Lipinski definition) is 6. The number of nitrogens with one attached hydrogen (secondary N) is 3.